The second-order valence-electron chi connectivity index (χ2n) is 4.59. The predicted molar refractivity (Wildman–Crippen MR) is 60.4 cm³/mol. The van der Waals surface area contributed by atoms with Crippen LogP contribution in [-0.2, 0) is 19.1 Å². The molecule has 0 bridgehead atoms. The second-order valence-corrected chi connectivity index (χ2v) is 4.59. The Kier molecular flexibility index (Phi) is 4.36. The van der Waals surface area contributed by atoms with Crippen molar-refractivity contribution in [2.75, 3.05) is 26.3 Å². The minimum absolute atomic E-state index is 0.00983. The summed E-state index contributed by atoms with van der Waals surface area (Å²) in [6, 6.07) is 0. The molecule has 1 atom stereocenters. The van der Waals surface area contributed by atoms with Gasteiger partial charge >= 0.3 is 5.97 Å². The third-order valence-electron chi connectivity index (χ3n) is 3.23. The van der Waals surface area contributed by atoms with E-state index in [1.807, 2.05) is 0 Å². The summed E-state index contributed by atoms with van der Waals surface area (Å²) in [7, 11) is 0. The molecule has 0 aromatic heterocycles. The summed E-state index contributed by atoms with van der Waals surface area (Å²) in [5.41, 5.74) is 0. The average Bonchev–Trinajstić information content (AvgIpc) is 2.97. The molecule has 0 radical (unpaired) electrons. The van der Waals surface area contributed by atoms with Crippen molar-refractivity contribution >= 4 is 11.9 Å². The van der Waals surface area contributed by atoms with Crippen LogP contribution in [0.5, 0.6) is 0 Å². The summed E-state index contributed by atoms with van der Waals surface area (Å²) >= 11 is 0. The van der Waals surface area contributed by atoms with Crippen LogP contribution in [0, 0.1) is 0 Å². The maximum Gasteiger partial charge on any atom is 0.308 e. The fourth-order valence-electron chi connectivity index (χ4n) is 2.25. The van der Waals surface area contributed by atoms with Crippen molar-refractivity contribution in [3.63, 3.8) is 0 Å². The maximum atomic E-state index is 11.6. The fraction of sp³-hybridized carbons (Fsp3) is 0.833. The van der Waals surface area contributed by atoms with E-state index in [9.17, 15) is 9.59 Å². The number of likely N-dealkylation sites (tertiary alicyclic amines) is 1. The molecule has 0 spiro atoms. The van der Waals surface area contributed by atoms with Crippen molar-refractivity contribution in [1.82, 2.24) is 4.90 Å². The molecule has 96 valence electrons. The molecule has 2 fully saturated rings. The van der Waals surface area contributed by atoms with Crippen molar-refractivity contribution in [1.29, 1.82) is 0 Å². The van der Waals surface area contributed by atoms with Crippen molar-refractivity contribution < 1.29 is 19.1 Å². The number of esters is 1. The first kappa shape index (κ1) is 12.4. The molecule has 0 aliphatic carbocycles. The van der Waals surface area contributed by atoms with Crippen molar-refractivity contribution in [2.45, 2.75) is 38.2 Å². The number of ether oxygens (including phenoxy) is 2. The topological polar surface area (TPSA) is 55.8 Å². The monoisotopic (exact) mass is 241 g/mol. The lowest BCUT2D eigenvalue weighted by molar-refractivity contribution is -0.153. The van der Waals surface area contributed by atoms with Crippen LogP contribution in [0.25, 0.3) is 0 Å². The van der Waals surface area contributed by atoms with Crippen LogP contribution in [0.1, 0.15) is 32.1 Å². The van der Waals surface area contributed by atoms with E-state index < -0.39 is 0 Å². The molecule has 0 aromatic rings. The molecule has 2 aliphatic rings. The van der Waals surface area contributed by atoms with Crippen LogP contribution in [0.15, 0.2) is 0 Å². The first-order valence-corrected chi connectivity index (χ1v) is 6.31. The Labute approximate surface area is 101 Å². The summed E-state index contributed by atoms with van der Waals surface area (Å²) in [6.07, 6.45) is 4.28. The maximum absolute atomic E-state index is 11.6. The zero-order valence-corrected chi connectivity index (χ0v) is 10.0. The van der Waals surface area contributed by atoms with Gasteiger partial charge in [0.05, 0.1) is 12.5 Å². The molecule has 17 heavy (non-hydrogen) atoms. The Balaban J connectivity index is 1.63. The molecule has 0 aromatic carbocycles. The predicted octanol–water partition coefficient (Wildman–Crippen LogP) is 0.721. The number of carbonyl (C=O) groups is 2. The Morgan fingerprint density at radius 2 is 2.00 bits per heavy atom. The lowest BCUT2D eigenvalue weighted by atomic mass is 10.2. The van der Waals surface area contributed by atoms with E-state index in [4.69, 9.17) is 9.47 Å². The van der Waals surface area contributed by atoms with Crippen molar-refractivity contribution in [3.8, 4) is 0 Å². The van der Waals surface area contributed by atoms with Gasteiger partial charge in [-0.15, -0.1) is 0 Å². The lowest BCUT2D eigenvalue weighted by Crippen LogP contribution is -2.32. The van der Waals surface area contributed by atoms with E-state index in [1.54, 1.807) is 4.90 Å². The Morgan fingerprint density at radius 1 is 1.24 bits per heavy atom. The summed E-state index contributed by atoms with van der Waals surface area (Å²) < 4.78 is 10.3. The van der Waals surface area contributed by atoms with Gasteiger partial charge in [0.25, 0.3) is 5.91 Å². The third-order valence-corrected chi connectivity index (χ3v) is 3.23. The van der Waals surface area contributed by atoms with Gasteiger partial charge in [0.15, 0.2) is 6.61 Å². The first-order valence-electron chi connectivity index (χ1n) is 6.31. The number of amides is 1. The molecule has 1 unspecified atom stereocenters. The van der Waals surface area contributed by atoms with E-state index in [0.29, 0.717) is 0 Å². The minimum atomic E-state index is -0.329. The molecular formula is C12H19NO4. The van der Waals surface area contributed by atoms with E-state index in [0.717, 1.165) is 45.4 Å². The summed E-state index contributed by atoms with van der Waals surface area (Å²) in [5.74, 6) is -0.410. The Morgan fingerprint density at radius 3 is 2.65 bits per heavy atom. The highest BCUT2D eigenvalue weighted by atomic mass is 16.5. The molecule has 5 nitrogen and oxygen atoms in total. The number of hydrogen-bond acceptors (Lipinski definition) is 4. The zero-order chi connectivity index (χ0) is 12.1. The quantitative estimate of drug-likeness (QED) is 0.681. The van der Waals surface area contributed by atoms with E-state index in [1.165, 1.54) is 0 Å². The van der Waals surface area contributed by atoms with Crippen LogP contribution < -0.4 is 0 Å². The highest BCUT2D eigenvalue weighted by molar-refractivity contribution is 5.80. The second kappa shape index (κ2) is 6.00. The highest BCUT2D eigenvalue weighted by Gasteiger charge is 2.22. The normalized spacial score (nSPS) is 24.0. The van der Waals surface area contributed by atoms with Gasteiger partial charge in [0.2, 0.25) is 0 Å². The third kappa shape index (κ3) is 3.70. The smallest absolute Gasteiger partial charge is 0.308 e. The van der Waals surface area contributed by atoms with Gasteiger partial charge in [-0.3, -0.25) is 9.59 Å². The molecule has 1 amide bonds. The number of rotatable bonds is 4. The molecule has 2 saturated heterocycles. The number of hydrogen-bond donors (Lipinski definition) is 0. The van der Waals surface area contributed by atoms with Crippen LogP contribution >= 0.6 is 0 Å². The molecule has 2 heterocycles. The van der Waals surface area contributed by atoms with Gasteiger partial charge in [-0.1, -0.05) is 0 Å². The van der Waals surface area contributed by atoms with Crippen LogP contribution in [-0.4, -0.2) is 49.2 Å². The highest BCUT2D eigenvalue weighted by Crippen LogP contribution is 2.15. The van der Waals surface area contributed by atoms with E-state index in [-0.39, 0.29) is 31.0 Å². The van der Waals surface area contributed by atoms with Gasteiger partial charge in [0.1, 0.15) is 0 Å². The molecule has 0 saturated carbocycles. The largest absolute Gasteiger partial charge is 0.455 e. The van der Waals surface area contributed by atoms with Crippen molar-refractivity contribution in [3.05, 3.63) is 0 Å². The SMILES string of the molecule is O=C(CC1CCCO1)OCC(=O)N1CCCC1. The number of carbonyl (C=O) groups excluding carboxylic acids is 2. The van der Waals surface area contributed by atoms with E-state index in [2.05, 4.69) is 0 Å². The minimum Gasteiger partial charge on any atom is -0.455 e. The molecule has 2 aliphatic heterocycles. The van der Waals surface area contributed by atoms with Gasteiger partial charge < -0.3 is 14.4 Å². The Bertz CT molecular complexity index is 280. The molecule has 2 rings (SSSR count). The Hall–Kier alpha value is -1.10. The summed E-state index contributed by atoms with van der Waals surface area (Å²) in [5, 5.41) is 0. The lowest BCUT2D eigenvalue weighted by Gasteiger charge is -2.15. The van der Waals surface area contributed by atoms with Gasteiger partial charge in [-0.05, 0) is 25.7 Å². The van der Waals surface area contributed by atoms with Gasteiger partial charge in [-0.2, -0.15) is 0 Å². The van der Waals surface area contributed by atoms with Gasteiger partial charge in [-0.25, -0.2) is 0 Å². The fourth-order valence-corrected chi connectivity index (χ4v) is 2.25. The molecule has 0 N–H and O–H groups in total. The number of nitrogens with zero attached hydrogens (tertiary/aromatic N) is 1. The van der Waals surface area contributed by atoms with E-state index >= 15 is 0 Å². The molecule has 5 heteroatoms. The average molecular weight is 241 g/mol. The summed E-state index contributed by atoms with van der Waals surface area (Å²) in [4.78, 5) is 24.8. The standard InChI is InChI=1S/C12H19NO4/c14-11(13-5-1-2-6-13)9-17-12(15)8-10-4-3-7-16-10/h10H,1-9H2. The zero-order valence-electron chi connectivity index (χ0n) is 10.0. The van der Waals surface area contributed by atoms with Crippen molar-refractivity contribution in [2.24, 2.45) is 0 Å². The van der Waals surface area contributed by atoms with Crippen LogP contribution in [0.4, 0.5) is 0 Å². The summed E-state index contributed by atoms with van der Waals surface area (Å²) in [6.45, 7) is 2.19. The van der Waals surface area contributed by atoms with Gasteiger partial charge in [0, 0.05) is 19.7 Å². The first-order chi connectivity index (χ1) is 8.25. The molecular weight excluding hydrogens is 222 g/mol. The van der Waals surface area contributed by atoms with Crippen LogP contribution in [0.3, 0.4) is 0 Å². The van der Waals surface area contributed by atoms with Crippen LogP contribution in [0.2, 0.25) is 0 Å².